The molecular weight excluding hydrogens is 366 g/mol. The molecule has 2 N–H and O–H groups in total. The van der Waals surface area contributed by atoms with Crippen LogP contribution >= 0.6 is 12.2 Å². The van der Waals surface area contributed by atoms with Crippen molar-refractivity contribution in [1.82, 2.24) is 15.5 Å². The monoisotopic (exact) mass is 391 g/mol. The van der Waals surface area contributed by atoms with Gasteiger partial charge in [0.05, 0.1) is 12.5 Å². The van der Waals surface area contributed by atoms with Crippen molar-refractivity contribution >= 4 is 35.1 Å². The van der Waals surface area contributed by atoms with Gasteiger partial charge in [-0.2, -0.15) is 0 Å². The molecule has 0 bridgehead atoms. The molecule has 1 aliphatic rings. The third-order valence-corrected chi connectivity index (χ3v) is 4.70. The number of amides is 2. The van der Waals surface area contributed by atoms with Crippen LogP contribution < -0.4 is 10.6 Å². The third kappa shape index (κ3) is 5.75. The maximum atomic E-state index is 12.4. The summed E-state index contributed by atoms with van der Waals surface area (Å²) >= 11 is 5.34. The van der Waals surface area contributed by atoms with Gasteiger partial charge in [-0.05, 0) is 44.6 Å². The number of carbonyl (C=O) groups is 3. The number of hydrogen-bond acceptors (Lipinski definition) is 5. The standard InChI is InChI=1S/C19H25N3O4S/c1-4-13(3)26-16(23)11-15-18(25)20-8-9-22(15)19(27)21-17(24)14-7-5-6-12(2)10-14/h5-7,10,13,15H,4,8-9,11H2,1-3H3,(H,20,25)(H,21,24,27). The van der Waals surface area contributed by atoms with E-state index >= 15 is 0 Å². The maximum Gasteiger partial charge on any atom is 0.308 e. The summed E-state index contributed by atoms with van der Waals surface area (Å²) < 4.78 is 5.27. The van der Waals surface area contributed by atoms with Crippen LogP contribution in [0.3, 0.4) is 0 Å². The minimum atomic E-state index is -0.805. The van der Waals surface area contributed by atoms with E-state index in [1.165, 1.54) is 0 Å². The fourth-order valence-electron chi connectivity index (χ4n) is 2.70. The van der Waals surface area contributed by atoms with Gasteiger partial charge in [-0.3, -0.25) is 19.7 Å². The molecule has 0 saturated carbocycles. The van der Waals surface area contributed by atoms with E-state index in [4.69, 9.17) is 17.0 Å². The highest BCUT2D eigenvalue weighted by Gasteiger charge is 2.34. The molecule has 8 heteroatoms. The molecule has 0 aromatic heterocycles. The number of nitrogens with one attached hydrogen (secondary N) is 2. The molecule has 1 aromatic rings. The molecule has 0 spiro atoms. The first-order chi connectivity index (χ1) is 12.8. The van der Waals surface area contributed by atoms with Gasteiger partial charge in [-0.15, -0.1) is 0 Å². The number of aryl methyl sites for hydroxylation is 1. The summed E-state index contributed by atoms with van der Waals surface area (Å²) in [5.41, 5.74) is 1.43. The van der Waals surface area contributed by atoms with Gasteiger partial charge in [0.25, 0.3) is 5.91 Å². The Morgan fingerprint density at radius 1 is 1.44 bits per heavy atom. The number of thiocarbonyl (C=S) groups is 1. The van der Waals surface area contributed by atoms with E-state index < -0.39 is 12.0 Å². The number of ether oxygens (including phenoxy) is 1. The lowest BCUT2D eigenvalue weighted by molar-refractivity contribution is -0.151. The molecule has 1 aliphatic heterocycles. The molecule has 1 aromatic carbocycles. The molecule has 2 unspecified atom stereocenters. The van der Waals surface area contributed by atoms with E-state index in [-0.39, 0.29) is 29.5 Å². The van der Waals surface area contributed by atoms with E-state index in [1.807, 2.05) is 19.9 Å². The molecule has 2 amide bonds. The SMILES string of the molecule is CCC(C)OC(=O)CC1C(=O)NCCN1C(=S)NC(=O)c1cccc(C)c1. The van der Waals surface area contributed by atoms with Crippen LogP contribution in [-0.4, -0.2) is 53.0 Å². The normalized spacial score (nSPS) is 17.7. The Morgan fingerprint density at radius 2 is 2.19 bits per heavy atom. The number of benzene rings is 1. The zero-order valence-electron chi connectivity index (χ0n) is 15.8. The molecule has 1 fully saturated rings. The molecule has 146 valence electrons. The van der Waals surface area contributed by atoms with Gasteiger partial charge in [-0.1, -0.05) is 24.6 Å². The van der Waals surface area contributed by atoms with Crippen LogP contribution in [0.2, 0.25) is 0 Å². The Balaban J connectivity index is 2.06. The Hall–Kier alpha value is -2.48. The Bertz CT molecular complexity index is 737. The predicted molar refractivity (Wildman–Crippen MR) is 105 cm³/mol. The van der Waals surface area contributed by atoms with Crippen LogP contribution in [0.25, 0.3) is 0 Å². The summed E-state index contributed by atoms with van der Waals surface area (Å²) in [7, 11) is 0. The van der Waals surface area contributed by atoms with Crippen molar-refractivity contribution in [3.05, 3.63) is 35.4 Å². The molecule has 2 rings (SSSR count). The zero-order chi connectivity index (χ0) is 20.0. The molecular formula is C19H25N3O4S. The molecule has 7 nitrogen and oxygen atoms in total. The van der Waals surface area contributed by atoms with Crippen molar-refractivity contribution < 1.29 is 19.1 Å². The van der Waals surface area contributed by atoms with Crippen molar-refractivity contribution in [2.75, 3.05) is 13.1 Å². The smallest absolute Gasteiger partial charge is 0.308 e. The van der Waals surface area contributed by atoms with Gasteiger partial charge in [0.1, 0.15) is 6.04 Å². The first kappa shape index (κ1) is 20.8. The highest BCUT2D eigenvalue weighted by molar-refractivity contribution is 7.80. The van der Waals surface area contributed by atoms with Gasteiger partial charge < -0.3 is 15.0 Å². The van der Waals surface area contributed by atoms with Gasteiger partial charge in [0, 0.05) is 18.7 Å². The number of piperazine rings is 1. The minimum absolute atomic E-state index is 0.123. The quantitative estimate of drug-likeness (QED) is 0.585. The van der Waals surface area contributed by atoms with Crippen molar-refractivity contribution in [3.8, 4) is 0 Å². The summed E-state index contributed by atoms with van der Waals surface area (Å²) in [6.07, 6.45) is 0.346. The van der Waals surface area contributed by atoms with E-state index in [0.717, 1.165) is 5.56 Å². The molecule has 0 radical (unpaired) electrons. The lowest BCUT2D eigenvalue weighted by Crippen LogP contribution is -2.60. The highest BCUT2D eigenvalue weighted by atomic mass is 32.1. The fourth-order valence-corrected chi connectivity index (χ4v) is 3.01. The Kier molecular flexibility index (Phi) is 7.29. The highest BCUT2D eigenvalue weighted by Crippen LogP contribution is 2.12. The first-order valence-corrected chi connectivity index (χ1v) is 9.38. The number of esters is 1. The fraction of sp³-hybridized carbons (Fsp3) is 0.474. The third-order valence-electron chi connectivity index (χ3n) is 4.36. The van der Waals surface area contributed by atoms with Crippen LogP contribution in [0.5, 0.6) is 0 Å². The van der Waals surface area contributed by atoms with Crippen molar-refractivity contribution in [2.24, 2.45) is 0 Å². The van der Waals surface area contributed by atoms with Gasteiger partial charge in [0.2, 0.25) is 5.91 Å². The minimum Gasteiger partial charge on any atom is -0.463 e. The van der Waals surface area contributed by atoms with E-state index in [1.54, 1.807) is 30.0 Å². The average molecular weight is 391 g/mol. The van der Waals surface area contributed by atoms with Crippen molar-refractivity contribution in [2.45, 2.75) is 45.8 Å². The summed E-state index contributed by atoms with van der Waals surface area (Å²) in [4.78, 5) is 38.4. The van der Waals surface area contributed by atoms with Crippen LogP contribution in [0.1, 0.15) is 42.6 Å². The number of hydrogen-bond donors (Lipinski definition) is 2. The average Bonchev–Trinajstić information content (AvgIpc) is 2.63. The number of rotatable bonds is 5. The lowest BCUT2D eigenvalue weighted by atomic mass is 10.1. The molecule has 27 heavy (non-hydrogen) atoms. The summed E-state index contributed by atoms with van der Waals surface area (Å²) in [5.74, 6) is -1.13. The summed E-state index contributed by atoms with van der Waals surface area (Å²) in [6, 6.07) is 6.32. The van der Waals surface area contributed by atoms with Gasteiger partial charge in [-0.25, -0.2) is 0 Å². The number of carbonyl (C=O) groups excluding carboxylic acids is 3. The maximum absolute atomic E-state index is 12.4. The number of nitrogens with zero attached hydrogens (tertiary/aromatic N) is 1. The predicted octanol–water partition coefficient (Wildman–Crippen LogP) is 1.54. The molecule has 1 heterocycles. The van der Waals surface area contributed by atoms with E-state index in [0.29, 0.717) is 25.1 Å². The first-order valence-electron chi connectivity index (χ1n) is 8.97. The molecule has 1 saturated heterocycles. The Morgan fingerprint density at radius 3 is 2.85 bits per heavy atom. The van der Waals surface area contributed by atoms with Crippen LogP contribution in [0.15, 0.2) is 24.3 Å². The topological polar surface area (TPSA) is 87.7 Å². The summed E-state index contributed by atoms with van der Waals surface area (Å²) in [6.45, 7) is 6.38. The van der Waals surface area contributed by atoms with Crippen LogP contribution in [0, 0.1) is 6.92 Å². The molecule has 2 atom stereocenters. The van der Waals surface area contributed by atoms with Gasteiger partial charge in [0.15, 0.2) is 5.11 Å². The van der Waals surface area contributed by atoms with Gasteiger partial charge >= 0.3 is 5.97 Å². The zero-order valence-corrected chi connectivity index (χ0v) is 16.6. The van der Waals surface area contributed by atoms with E-state index in [2.05, 4.69) is 10.6 Å². The van der Waals surface area contributed by atoms with E-state index in [9.17, 15) is 14.4 Å². The summed E-state index contributed by atoms with van der Waals surface area (Å²) in [5, 5.41) is 5.50. The second-order valence-corrected chi connectivity index (χ2v) is 6.93. The Labute approximate surface area is 164 Å². The van der Waals surface area contributed by atoms with Crippen LogP contribution in [0.4, 0.5) is 0 Å². The lowest BCUT2D eigenvalue weighted by Gasteiger charge is -2.36. The second kappa shape index (κ2) is 9.45. The van der Waals surface area contributed by atoms with Crippen molar-refractivity contribution in [1.29, 1.82) is 0 Å². The molecule has 0 aliphatic carbocycles. The van der Waals surface area contributed by atoms with Crippen molar-refractivity contribution in [3.63, 3.8) is 0 Å². The van der Waals surface area contributed by atoms with Crippen LogP contribution in [-0.2, 0) is 14.3 Å². The largest absolute Gasteiger partial charge is 0.463 e. The second-order valence-electron chi connectivity index (χ2n) is 6.54.